The Morgan fingerprint density at radius 1 is 1.17 bits per heavy atom. The summed E-state index contributed by atoms with van der Waals surface area (Å²) in [4.78, 5) is 11.1. The Labute approximate surface area is 108 Å². The molecular weight excluding hydrogens is 252 g/mol. The van der Waals surface area contributed by atoms with Gasteiger partial charge in [-0.05, 0) is 18.2 Å². The maximum absolute atomic E-state index is 11.3. The molecule has 0 aromatic heterocycles. The molecule has 5 nitrogen and oxygen atoms in total. The molecule has 1 aromatic rings. The third-order valence-electron chi connectivity index (χ3n) is 2.50. The lowest BCUT2D eigenvalue weighted by molar-refractivity contribution is -0.120. The van der Waals surface area contributed by atoms with Crippen molar-refractivity contribution in [3.63, 3.8) is 0 Å². The number of hydrogen-bond acceptors (Lipinski definition) is 3. The molecule has 18 heavy (non-hydrogen) atoms. The van der Waals surface area contributed by atoms with Gasteiger partial charge in [-0.2, -0.15) is 0 Å². The summed E-state index contributed by atoms with van der Waals surface area (Å²) in [6, 6.07) is 7.14. The molecule has 0 fully saturated rings. The fraction of sp³-hybridized carbons (Fsp3) is 0.417. The monoisotopic (exact) mass is 270 g/mol. The van der Waals surface area contributed by atoms with Gasteiger partial charge < -0.3 is 5.32 Å². The van der Waals surface area contributed by atoms with E-state index in [2.05, 4.69) is 10.0 Å². The van der Waals surface area contributed by atoms with Gasteiger partial charge in [-0.25, -0.2) is 13.1 Å². The topological polar surface area (TPSA) is 75.3 Å². The zero-order valence-electron chi connectivity index (χ0n) is 10.6. The smallest absolute Gasteiger partial charge is 0.219 e. The van der Waals surface area contributed by atoms with Crippen molar-refractivity contribution in [3.05, 3.63) is 35.4 Å². The maximum atomic E-state index is 11.3. The molecule has 0 unspecified atom stereocenters. The number of nitrogens with one attached hydrogen (secondary N) is 2. The second-order valence-corrected chi connectivity index (χ2v) is 5.84. The zero-order valence-corrected chi connectivity index (χ0v) is 11.4. The molecule has 0 radical (unpaired) electrons. The van der Waals surface area contributed by atoms with E-state index >= 15 is 0 Å². The van der Waals surface area contributed by atoms with E-state index in [-0.39, 0.29) is 11.7 Å². The van der Waals surface area contributed by atoms with Crippen molar-refractivity contribution in [3.8, 4) is 0 Å². The second kappa shape index (κ2) is 6.51. The molecule has 0 saturated carbocycles. The second-order valence-electron chi connectivity index (χ2n) is 3.91. The highest BCUT2D eigenvalue weighted by molar-refractivity contribution is 7.88. The van der Waals surface area contributed by atoms with E-state index < -0.39 is 10.0 Å². The molecule has 1 rings (SSSR count). The average molecular weight is 270 g/mol. The Kier molecular flexibility index (Phi) is 5.30. The number of amides is 1. The number of rotatable bonds is 6. The van der Waals surface area contributed by atoms with Crippen molar-refractivity contribution in [2.75, 3.05) is 7.05 Å². The van der Waals surface area contributed by atoms with Crippen LogP contribution in [0.25, 0.3) is 0 Å². The maximum Gasteiger partial charge on any atom is 0.219 e. The summed E-state index contributed by atoms with van der Waals surface area (Å²) in [6.45, 7) is 2.26. The van der Waals surface area contributed by atoms with Gasteiger partial charge in [0.1, 0.15) is 0 Å². The minimum atomic E-state index is -3.23. The van der Waals surface area contributed by atoms with E-state index in [4.69, 9.17) is 0 Å². The van der Waals surface area contributed by atoms with Gasteiger partial charge in [-0.15, -0.1) is 0 Å². The minimum Gasteiger partial charge on any atom is -0.352 e. The first-order valence-corrected chi connectivity index (χ1v) is 7.38. The Balaban J connectivity index is 2.60. The Hall–Kier alpha value is -1.40. The van der Waals surface area contributed by atoms with Crippen molar-refractivity contribution < 1.29 is 13.2 Å². The lowest BCUT2D eigenvalue weighted by Crippen LogP contribution is -2.21. The van der Waals surface area contributed by atoms with Gasteiger partial charge in [0.05, 0.1) is 5.75 Å². The van der Waals surface area contributed by atoms with E-state index in [1.54, 1.807) is 19.1 Å². The normalized spacial score (nSPS) is 11.2. The molecule has 1 aromatic carbocycles. The number of benzene rings is 1. The Bertz CT molecular complexity index is 495. The van der Waals surface area contributed by atoms with Crippen molar-refractivity contribution in [2.24, 2.45) is 0 Å². The van der Waals surface area contributed by atoms with E-state index in [1.165, 1.54) is 7.05 Å². The van der Waals surface area contributed by atoms with Gasteiger partial charge in [-0.1, -0.05) is 31.2 Å². The van der Waals surface area contributed by atoms with E-state index in [1.807, 2.05) is 12.1 Å². The molecule has 0 spiro atoms. The molecule has 0 saturated heterocycles. The van der Waals surface area contributed by atoms with Crippen LogP contribution in [0, 0.1) is 0 Å². The summed E-state index contributed by atoms with van der Waals surface area (Å²) in [7, 11) is -1.84. The number of carbonyl (C=O) groups excluding carboxylic acids is 1. The molecule has 0 atom stereocenters. The fourth-order valence-corrected chi connectivity index (χ4v) is 2.15. The molecule has 0 aliphatic heterocycles. The molecule has 0 aliphatic rings. The summed E-state index contributed by atoms with van der Waals surface area (Å²) in [6.07, 6.45) is 0.457. The lowest BCUT2D eigenvalue weighted by Gasteiger charge is -2.06. The SMILES string of the molecule is CCC(=O)NCc1ccc(CS(=O)(=O)NC)cc1. The van der Waals surface area contributed by atoms with Crippen molar-refractivity contribution in [1.82, 2.24) is 10.0 Å². The predicted molar refractivity (Wildman–Crippen MR) is 70.3 cm³/mol. The summed E-state index contributed by atoms with van der Waals surface area (Å²) < 4.78 is 24.9. The van der Waals surface area contributed by atoms with Crippen molar-refractivity contribution in [2.45, 2.75) is 25.6 Å². The number of sulfonamides is 1. The van der Waals surface area contributed by atoms with Crippen LogP contribution in [0.5, 0.6) is 0 Å². The van der Waals surface area contributed by atoms with Crippen LogP contribution < -0.4 is 10.0 Å². The van der Waals surface area contributed by atoms with E-state index in [0.29, 0.717) is 13.0 Å². The van der Waals surface area contributed by atoms with Gasteiger partial charge in [0.25, 0.3) is 0 Å². The van der Waals surface area contributed by atoms with Gasteiger partial charge in [0.15, 0.2) is 0 Å². The average Bonchev–Trinajstić information content (AvgIpc) is 2.37. The van der Waals surface area contributed by atoms with Crippen LogP contribution in [0.4, 0.5) is 0 Å². The minimum absolute atomic E-state index is 0.00293. The highest BCUT2D eigenvalue weighted by Crippen LogP contribution is 2.07. The van der Waals surface area contributed by atoms with Crippen LogP contribution in [0.3, 0.4) is 0 Å². The summed E-state index contributed by atoms with van der Waals surface area (Å²) >= 11 is 0. The van der Waals surface area contributed by atoms with Crippen LogP contribution >= 0.6 is 0 Å². The predicted octanol–water partition coefficient (Wildman–Crippen LogP) is 0.762. The highest BCUT2D eigenvalue weighted by atomic mass is 32.2. The van der Waals surface area contributed by atoms with Crippen LogP contribution in [-0.4, -0.2) is 21.4 Å². The number of hydrogen-bond donors (Lipinski definition) is 2. The van der Waals surface area contributed by atoms with Gasteiger partial charge in [0.2, 0.25) is 15.9 Å². The summed E-state index contributed by atoms with van der Waals surface area (Å²) in [5.41, 5.74) is 1.66. The van der Waals surface area contributed by atoms with E-state index in [9.17, 15) is 13.2 Å². The fourth-order valence-electron chi connectivity index (χ4n) is 1.37. The third-order valence-corrected chi connectivity index (χ3v) is 3.84. The van der Waals surface area contributed by atoms with Crippen LogP contribution in [-0.2, 0) is 27.1 Å². The van der Waals surface area contributed by atoms with Gasteiger partial charge >= 0.3 is 0 Å². The first-order chi connectivity index (χ1) is 8.46. The molecule has 0 heterocycles. The molecule has 2 N–H and O–H groups in total. The van der Waals surface area contributed by atoms with Crippen LogP contribution in [0.1, 0.15) is 24.5 Å². The molecule has 100 valence electrons. The molecule has 0 bridgehead atoms. The summed E-state index contributed by atoms with van der Waals surface area (Å²) in [5.74, 6) is -0.0395. The first kappa shape index (κ1) is 14.7. The lowest BCUT2D eigenvalue weighted by atomic mass is 10.1. The molecular formula is C12H18N2O3S. The Morgan fingerprint density at radius 2 is 1.72 bits per heavy atom. The Morgan fingerprint density at radius 3 is 2.22 bits per heavy atom. The largest absolute Gasteiger partial charge is 0.352 e. The molecule has 0 aliphatic carbocycles. The van der Waals surface area contributed by atoms with Gasteiger partial charge in [0, 0.05) is 13.0 Å². The summed E-state index contributed by atoms with van der Waals surface area (Å²) in [5, 5.41) is 2.76. The highest BCUT2D eigenvalue weighted by Gasteiger charge is 2.08. The first-order valence-electron chi connectivity index (χ1n) is 5.72. The van der Waals surface area contributed by atoms with Crippen molar-refractivity contribution in [1.29, 1.82) is 0 Å². The van der Waals surface area contributed by atoms with Crippen molar-refractivity contribution >= 4 is 15.9 Å². The standard InChI is InChI=1S/C12H18N2O3S/c1-3-12(15)14-8-10-4-6-11(7-5-10)9-18(16,17)13-2/h4-7,13H,3,8-9H2,1-2H3,(H,14,15). The quantitative estimate of drug-likeness (QED) is 0.801. The van der Waals surface area contributed by atoms with Crippen LogP contribution in [0.15, 0.2) is 24.3 Å². The van der Waals surface area contributed by atoms with Gasteiger partial charge in [-0.3, -0.25) is 4.79 Å². The van der Waals surface area contributed by atoms with Crippen LogP contribution in [0.2, 0.25) is 0 Å². The number of carbonyl (C=O) groups is 1. The molecule has 1 amide bonds. The molecule has 6 heteroatoms. The third kappa shape index (κ3) is 4.85. The van der Waals surface area contributed by atoms with E-state index in [0.717, 1.165) is 11.1 Å². The zero-order chi connectivity index (χ0) is 13.6.